The molecule has 0 aliphatic heterocycles. The SMILES string of the molecule is CC(CCc1ccco1)NS(=O)(=O)c1ccc(O)c(N)c1. The van der Waals surface area contributed by atoms with Crippen molar-refractivity contribution in [2.45, 2.75) is 30.7 Å². The van der Waals surface area contributed by atoms with Crippen LogP contribution in [0.5, 0.6) is 5.75 Å². The van der Waals surface area contributed by atoms with Crippen LogP contribution in [0.1, 0.15) is 19.1 Å². The predicted octanol–water partition coefficient (Wildman–Crippen LogP) is 1.87. The summed E-state index contributed by atoms with van der Waals surface area (Å²) in [6.07, 6.45) is 2.85. The number of anilines is 1. The first-order valence-corrected chi connectivity index (χ1v) is 8.00. The van der Waals surface area contributed by atoms with Gasteiger partial charge in [0, 0.05) is 12.5 Å². The van der Waals surface area contributed by atoms with Gasteiger partial charge in [0.25, 0.3) is 0 Å². The van der Waals surface area contributed by atoms with Gasteiger partial charge in [-0.2, -0.15) is 0 Å². The van der Waals surface area contributed by atoms with Crippen molar-refractivity contribution in [2.24, 2.45) is 0 Å². The number of hydrogen-bond acceptors (Lipinski definition) is 5. The molecule has 1 unspecified atom stereocenters. The Morgan fingerprint density at radius 3 is 2.76 bits per heavy atom. The molecule has 0 aliphatic rings. The predicted molar refractivity (Wildman–Crippen MR) is 79.3 cm³/mol. The number of benzene rings is 1. The molecule has 0 fully saturated rings. The largest absolute Gasteiger partial charge is 0.506 e. The standard InChI is InChI=1S/C14H18N2O4S/c1-10(4-5-11-3-2-8-20-11)16-21(18,19)12-6-7-14(17)13(15)9-12/h2-3,6-10,16-17H,4-5,15H2,1H3. The molecule has 0 saturated carbocycles. The normalized spacial score (nSPS) is 13.2. The summed E-state index contributed by atoms with van der Waals surface area (Å²) in [5.74, 6) is 0.676. The summed E-state index contributed by atoms with van der Waals surface area (Å²) in [5.41, 5.74) is 5.55. The molecule has 0 amide bonds. The van der Waals surface area contributed by atoms with E-state index >= 15 is 0 Å². The van der Waals surface area contributed by atoms with E-state index in [0.717, 1.165) is 5.76 Å². The Hall–Kier alpha value is -1.99. The Labute approximate surface area is 123 Å². The fourth-order valence-corrected chi connectivity index (χ4v) is 3.22. The van der Waals surface area contributed by atoms with Gasteiger partial charge in [0.2, 0.25) is 10.0 Å². The molecule has 0 saturated heterocycles. The fourth-order valence-electron chi connectivity index (χ4n) is 1.91. The molecule has 0 radical (unpaired) electrons. The van der Waals surface area contributed by atoms with E-state index in [2.05, 4.69) is 4.72 Å². The zero-order chi connectivity index (χ0) is 15.5. The summed E-state index contributed by atoms with van der Waals surface area (Å²) in [5, 5.41) is 9.33. The summed E-state index contributed by atoms with van der Waals surface area (Å²) < 4.78 is 32.2. The lowest BCUT2D eigenvalue weighted by atomic mass is 10.2. The Morgan fingerprint density at radius 1 is 1.38 bits per heavy atom. The van der Waals surface area contributed by atoms with Crippen molar-refractivity contribution >= 4 is 15.7 Å². The van der Waals surface area contributed by atoms with Gasteiger partial charge < -0.3 is 15.3 Å². The van der Waals surface area contributed by atoms with Crippen LogP contribution in [-0.2, 0) is 16.4 Å². The molecule has 0 aliphatic carbocycles. The number of furan rings is 1. The maximum Gasteiger partial charge on any atom is 0.240 e. The van der Waals surface area contributed by atoms with E-state index in [4.69, 9.17) is 10.2 Å². The number of nitrogens with two attached hydrogens (primary N) is 1. The average Bonchev–Trinajstić information content (AvgIpc) is 2.92. The van der Waals surface area contributed by atoms with Crippen LogP contribution in [0.15, 0.2) is 45.9 Å². The number of sulfonamides is 1. The van der Waals surface area contributed by atoms with Gasteiger partial charge in [-0.25, -0.2) is 13.1 Å². The highest BCUT2D eigenvalue weighted by molar-refractivity contribution is 7.89. The zero-order valence-corrected chi connectivity index (χ0v) is 12.4. The van der Waals surface area contributed by atoms with Gasteiger partial charge >= 0.3 is 0 Å². The first-order chi connectivity index (χ1) is 9.88. The summed E-state index contributed by atoms with van der Waals surface area (Å²) in [7, 11) is -3.66. The van der Waals surface area contributed by atoms with E-state index in [0.29, 0.717) is 12.8 Å². The van der Waals surface area contributed by atoms with Crippen LogP contribution in [0, 0.1) is 0 Å². The second kappa shape index (κ2) is 6.19. The van der Waals surface area contributed by atoms with Crippen LogP contribution >= 0.6 is 0 Å². The highest BCUT2D eigenvalue weighted by Crippen LogP contribution is 2.23. The van der Waals surface area contributed by atoms with Gasteiger partial charge in [-0.05, 0) is 43.7 Å². The van der Waals surface area contributed by atoms with E-state index in [1.54, 1.807) is 19.3 Å². The molecule has 2 aromatic rings. The van der Waals surface area contributed by atoms with Crippen LogP contribution in [0.2, 0.25) is 0 Å². The lowest BCUT2D eigenvalue weighted by molar-refractivity contribution is 0.476. The highest BCUT2D eigenvalue weighted by Gasteiger charge is 2.18. The Balaban J connectivity index is 2.01. The third-order valence-corrected chi connectivity index (χ3v) is 4.66. The molecule has 0 bridgehead atoms. The molecular weight excluding hydrogens is 292 g/mol. The number of aromatic hydroxyl groups is 1. The van der Waals surface area contributed by atoms with E-state index in [1.165, 1.54) is 18.2 Å². The lowest BCUT2D eigenvalue weighted by Gasteiger charge is -2.14. The zero-order valence-electron chi connectivity index (χ0n) is 11.6. The Kier molecular flexibility index (Phi) is 4.54. The summed E-state index contributed by atoms with van der Waals surface area (Å²) in [6, 6.07) is 7.20. The van der Waals surface area contributed by atoms with Crippen LogP contribution in [0.4, 0.5) is 5.69 Å². The third kappa shape index (κ3) is 3.99. The summed E-state index contributed by atoms with van der Waals surface area (Å²) >= 11 is 0. The summed E-state index contributed by atoms with van der Waals surface area (Å²) in [4.78, 5) is 0.0302. The smallest absolute Gasteiger partial charge is 0.240 e. The van der Waals surface area contributed by atoms with Gasteiger partial charge in [0.1, 0.15) is 11.5 Å². The maximum atomic E-state index is 12.2. The van der Waals surface area contributed by atoms with Crippen molar-refractivity contribution in [3.8, 4) is 5.75 Å². The molecule has 4 N–H and O–H groups in total. The Morgan fingerprint density at radius 2 is 2.14 bits per heavy atom. The van der Waals surface area contributed by atoms with Crippen LogP contribution in [0.25, 0.3) is 0 Å². The van der Waals surface area contributed by atoms with Crippen molar-refractivity contribution in [1.29, 1.82) is 0 Å². The maximum absolute atomic E-state index is 12.2. The van der Waals surface area contributed by atoms with E-state index < -0.39 is 10.0 Å². The molecule has 1 heterocycles. The van der Waals surface area contributed by atoms with Crippen molar-refractivity contribution in [1.82, 2.24) is 4.72 Å². The fraction of sp³-hybridized carbons (Fsp3) is 0.286. The van der Waals surface area contributed by atoms with Gasteiger partial charge in [0.15, 0.2) is 0 Å². The Bertz CT molecular complexity index is 696. The molecule has 114 valence electrons. The minimum atomic E-state index is -3.66. The van der Waals surface area contributed by atoms with Gasteiger partial charge in [0.05, 0.1) is 16.8 Å². The topological polar surface area (TPSA) is 106 Å². The molecule has 21 heavy (non-hydrogen) atoms. The third-order valence-electron chi connectivity index (χ3n) is 3.07. The van der Waals surface area contributed by atoms with Crippen LogP contribution in [-0.4, -0.2) is 19.6 Å². The number of nitrogen functional groups attached to an aromatic ring is 1. The molecule has 1 aromatic heterocycles. The van der Waals surface area contributed by atoms with Gasteiger partial charge in [-0.3, -0.25) is 0 Å². The lowest BCUT2D eigenvalue weighted by Crippen LogP contribution is -2.33. The van der Waals surface area contributed by atoms with Crippen molar-refractivity contribution in [3.63, 3.8) is 0 Å². The summed E-state index contributed by atoms with van der Waals surface area (Å²) in [6.45, 7) is 1.78. The molecule has 7 heteroatoms. The minimum absolute atomic E-state index is 0.0288. The number of hydrogen-bond donors (Lipinski definition) is 3. The first-order valence-electron chi connectivity index (χ1n) is 6.51. The molecule has 1 aromatic carbocycles. The molecule has 6 nitrogen and oxygen atoms in total. The van der Waals surface area contributed by atoms with Crippen molar-refractivity contribution < 1.29 is 17.9 Å². The molecular formula is C14H18N2O4S. The average molecular weight is 310 g/mol. The monoisotopic (exact) mass is 310 g/mol. The number of phenols is 1. The molecule has 1 atom stereocenters. The molecule has 2 rings (SSSR count). The number of phenolic OH excluding ortho intramolecular Hbond substituents is 1. The van der Waals surface area contributed by atoms with Crippen LogP contribution < -0.4 is 10.5 Å². The molecule has 0 spiro atoms. The quantitative estimate of drug-likeness (QED) is 0.558. The van der Waals surface area contributed by atoms with Gasteiger partial charge in [-0.1, -0.05) is 0 Å². The van der Waals surface area contributed by atoms with Gasteiger partial charge in [-0.15, -0.1) is 0 Å². The number of aryl methyl sites for hydroxylation is 1. The van der Waals surface area contributed by atoms with Crippen molar-refractivity contribution in [3.05, 3.63) is 42.4 Å². The van der Waals surface area contributed by atoms with E-state index in [1.807, 2.05) is 6.07 Å². The van der Waals surface area contributed by atoms with Crippen LogP contribution in [0.3, 0.4) is 0 Å². The second-order valence-electron chi connectivity index (χ2n) is 4.86. The first kappa shape index (κ1) is 15.4. The second-order valence-corrected chi connectivity index (χ2v) is 6.57. The van der Waals surface area contributed by atoms with E-state index in [-0.39, 0.29) is 22.4 Å². The minimum Gasteiger partial charge on any atom is -0.506 e. The van der Waals surface area contributed by atoms with Crippen molar-refractivity contribution in [2.75, 3.05) is 5.73 Å². The number of nitrogens with one attached hydrogen (secondary N) is 1. The number of rotatable bonds is 6. The van der Waals surface area contributed by atoms with E-state index in [9.17, 15) is 13.5 Å². The highest BCUT2D eigenvalue weighted by atomic mass is 32.2.